The van der Waals surface area contributed by atoms with Gasteiger partial charge in [-0.05, 0) is 43.7 Å². The molecule has 1 aromatic heterocycles. The van der Waals surface area contributed by atoms with Crippen molar-refractivity contribution in [2.24, 2.45) is 0 Å². The lowest BCUT2D eigenvalue weighted by molar-refractivity contribution is -0.123. The fourth-order valence-corrected chi connectivity index (χ4v) is 3.40. The maximum absolute atomic E-state index is 12.0. The van der Waals surface area contributed by atoms with E-state index >= 15 is 0 Å². The minimum atomic E-state index is -0.195. The van der Waals surface area contributed by atoms with E-state index < -0.39 is 0 Å². The van der Waals surface area contributed by atoms with E-state index in [2.05, 4.69) is 16.3 Å². The average Bonchev–Trinajstić information content (AvgIpc) is 3.00. The Hall–Kier alpha value is -1.27. The molecule has 1 N–H and O–H groups in total. The predicted molar refractivity (Wildman–Crippen MR) is 95.7 cm³/mol. The van der Waals surface area contributed by atoms with E-state index in [0.717, 1.165) is 0 Å². The molecule has 0 aliphatic rings. The molecule has 23 heavy (non-hydrogen) atoms. The second-order valence-corrected chi connectivity index (χ2v) is 6.99. The first-order valence-corrected chi connectivity index (χ1v) is 8.65. The van der Waals surface area contributed by atoms with Crippen molar-refractivity contribution in [2.45, 2.75) is 6.04 Å². The van der Waals surface area contributed by atoms with Gasteiger partial charge in [0.05, 0.1) is 11.1 Å². The van der Waals surface area contributed by atoms with Crippen molar-refractivity contribution in [2.75, 3.05) is 27.2 Å². The van der Waals surface area contributed by atoms with Gasteiger partial charge in [0.25, 0.3) is 5.91 Å². The molecule has 1 unspecified atom stereocenters. The van der Waals surface area contributed by atoms with Gasteiger partial charge in [0, 0.05) is 16.4 Å². The van der Waals surface area contributed by atoms with Gasteiger partial charge in [-0.2, -0.15) is 0 Å². The topological polar surface area (TPSA) is 41.6 Å². The fraction of sp³-hybridized carbons (Fsp3) is 0.312. The van der Waals surface area contributed by atoms with Crippen LogP contribution in [0, 0.1) is 0 Å². The number of likely N-dealkylation sites (N-methyl/N-ethyl adjacent to an activating group) is 1. The first-order valence-electron chi connectivity index (χ1n) is 7.01. The highest BCUT2D eigenvalue weighted by atomic mass is 35.5. The maximum Gasteiger partial charge on any atom is 0.258 e. The van der Waals surface area contributed by atoms with E-state index in [1.807, 2.05) is 25.5 Å². The third-order valence-electron chi connectivity index (χ3n) is 3.24. The molecule has 2 rings (SSSR count). The maximum atomic E-state index is 12.0. The molecule has 0 radical (unpaired) electrons. The highest BCUT2D eigenvalue weighted by molar-refractivity contribution is 7.10. The van der Waals surface area contributed by atoms with Crippen LogP contribution in [0.5, 0.6) is 5.75 Å². The molecule has 7 heteroatoms. The third-order valence-corrected chi connectivity index (χ3v) is 4.74. The third kappa shape index (κ3) is 5.39. The lowest BCUT2D eigenvalue weighted by atomic mass is 10.2. The van der Waals surface area contributed by atoms with Crippen LogP contribution in [0.15, 0.2) is 35.7 Å². The van der Waals surface area contributed by atoms with Crippen molar-refractivity contribution in [1.29, 1.82) is 0 Å². The van der Waals surface area contributed by atoms with Crippen LogP contribution in [0.3, 0.4) is 0 Å². The van der Waals surface area contributed by atoms with Crippen LogP contribution in [-0.2, 0) is 4.79 Å². The van der Waals surface area contributed by atoms with Gasteiger partial charge in [-0.15, -0.1) is 11.3 Å². The van der Waals surface area contributed by atoms with Gasteiger partial charge in [0.1, 0.15) is 5.75 Å². The number of benzene rings is 1. The predicted octanol–water partition coefficient (Wildman–Crippen LogP) is 3.85. The molecule has 0 aliphatic heterocycles. The zero-order valence-electron chi connectivity index (χ0n) is 12.9. The normalized spacial score (nSPS) is 12.2. The highest BCUT2D eigenvalue weighted by Gasteiger charge is 2.16. The molecule has 0 aliphatic carbocycles. The quantitative estimate of drug-likeness (QED) is 0.802. The smallest absolute Gasteiger partial charge is 0.258 e. The Morgan fingerprint density at radius 1 is 1.35 bits per heavy atom. The van der Waals surface area contributed by atoms with Crippen LogP contribution in [0.1, 0.15) is 10.9 Å². The van der Waals surface area contributed by atoms with Crippen molar-refractivity contribution in [3.63, 3.8) is 0 Å². The summed E-state index contributed by atoms with van der Waals surface area (Å²) in [5.74, 6) is 0.244. The highest BCUT2D eigenvalue weighted by Crippen LogP contribution is 2.27. The summed E-state index contributed by atoms with van der Waals surface area (Å²) in [6.45, 7) is 0.427. The summed E-state index contributed by atoms with van der Waals surface area (Å²) in [6, 6.07) is 9.09. The van der Waals surface area contributed by atoms with Gasteiger partial charge in [0.15, 0.2) is 6.61 Å². The van der Waals surface area contributed by atoms with Crippen molar-refractivity contribution < 1.29 is 9.53 Å². The molecule has 0 spiro atoms. The van der Waals surface area contributed by atoms with Crippen LogP contribution in [0.25, 0.3) is 0 Å². The summed E-state index contributed by atoms with van der Waals surface area (Å²) >= 11 is 13.5. The van der Waals surface area contributed by atoms with E-state index in [1.165, 1.54) is 4.88 Å². The molecule has 2 aromatic rings. The summed E-state index contributed by atoms with van der Waals surface area (Å²) in [6.07, 6.45) is 0. The van der Waals surface area contributed by atoms with Crippen molar-refractivity contribution >= 4 is 40.4 Å². The largest absolute Gasteiger partial charge is 0.482 e. The minimum Gasteiger partial charge on any atom is -0.482 e. The first-order chi connectivity index (χ1) is 11.0. The molecular weight excluding hydrogens is 355 g/mol. The van der Waals surface area contributed by atoms with E-state index in [9.17, 15) is 4.79 Å². The molecule has 1 aromatic carbocycles. The number of rotatable bonds is 7. The standard InChI is InChI=1S/C16H18Cl2N2O2S/c1-20(2)13(15-4-3-7-23-15)9-19-16(21)10-22-14-6-5-11(17)8-12(14)18/h3-8,13H,9-10H2,1-2H3,(H,19,21). The van der Waals surface area contributed by atoms with Gasteiger partial charge in [-0.1, -0.05) is 29.3 Å². The number of ether oxygens (including phenoxy) is 1. The van der Waals surface area contributed by atoms with Crippen LogP contribution >= 0.6 is 34.5 Å². The Labute approximate surface area is 150 Å². The molecule has 4 nitrogen and oxygen atoms in total. The number of nitrogens with one attached hydrogen (secondary N) is 1. The molecule has 1 atom stereocenters. The van der Waals surface area contributed by atoms with Gasteiger partial charge < -0.3 is 15.0 Å². The minimum absolute atomic E-state index is 0.0913. The van der Waals surface area contributed by atoms with Crippen molar-refractivity contribution in [3.05, 3.63) is 50.6 Å². The Morgan fingerprint density at radius 3 is 2.74 bits per heavy atom. The zero-order chi connectivity index (χ0) is 16.8. The second kappa shape index (κ2) is 8.55. The summed E-state index contributed by atoms with van der Waals surface area (Å²) < 4.78 is 5.42. The number of carbonyl (C=O) groups excluding carboxylic acids is 1. The number of halogens is 2. The number of amides is 1. The van der Waals surface area contributed by atoms with Crippen LogP contribution < -0.4 is 10.1 Å². The van der Waals surface area contributed by atoms with E-state index in [4.69, 9.17) is 27.9 Å². The Kier molecular flexibility index (Phi) is 6.72. The molecular formula is C16H18Cl2N2O2S. The average molecular weight is 373 g/mol. The summed E-state index contributed by atoms with van der Waals surface area (Å²) in [7, 11) is 3.97. The number of carbonyl (C=O) groups is 1. The van der Waals surface area contributed by atoms with Crippen LogP contribution in [0.2, 0.25) is 10.0 Å². The molecule has 0 fully saturated rings. The number of nitrogens with zero attached hydrogens (tertiary/aromatic N) is 1. The zero-order valence-corrected chi connectivity index (χ0v) is 15.2. The van der Waals surface area contributed by atoms with Gasteiger partial charge in [-0.25, -0.2) is 0 Å². The molecule has 0 saturated heterocycles. The SMILES string of the molecule is CN(C)C(CNC(=O)COc1ccc(Cl)cc1Cl)c1cccs1. The number of hydrogen-bond donors (Lipinski definition) is 1. The Balaban J connectivity index is 1.84. The monoisotopic (exact) mass is 372 g/mol. The summed E-state index contributed by atoms with van der Waals surface area (Å²) in [5.41, 5.74) is 0. The molecule has 0 bridgehead atoms. The second-order valence-electron chi connectivity index (χ2n) is 5.16. The number of thiophene rings is 1. The Bertz CT molecular complexity index is 648. The van der Waals surface area contributed by atoms with E-state index in [-0.39, 0.29) is 18.6 Å². The van der Waals surface area contributed by atoms with Crippen molar-refractivity contribution in [3.8, 4) is 5.75 Å². The van der Waals surface area contributed by atoms with E-state index in [1.54, 1.807) is 29.5 Å². The molecule has 1 amide bonds. The molecule has 1 heterocycles. The van der Waals surface area contributed by atoms with Crippen LogP contribution in [0.4, 0.5) is 0 Å². The lowest BCUT2D eigenvalue weighted by Crippen LogP contribution is -2.36. The van der Waals surface area contributed by atoms with E-state index in [0.29, 0.717) is 22.3 Å². The lowest BCUT2D eigenvalue weighted by Gasteiger charge is -2.23. The fourth-order valence-electron chi connectivity index (χ4n) is 2.02. The first kappa shape index (κ1) is 18.1. The van der Waals surface area contributed by atoms with Gasteiger partial charge in [0.2, 0.25) is 0 Å². The molecule has 124 valence electrons. The van der Waals surface area contributed by atoms with Gasteiger partial charge in [-0.3, -0.25) is 4.79 Å². The van der Waals surface area contributed by atoms with Crippen LogP contribution in [-0.4, -0.2) is 38.1 Å². The number of hydrogen-bond acceptors (Lipinski definition) is 4. The molecule has 0 saturated carbocycles. The summed E-state index contributed by atoms with van der Waals surface area (Å²) in [4.78, 5) is 15.2. The van der Waals surface area contributed by atoms with Crippen molar-refractivity contribution in [1.82, 2.24) is 10.2 Å². The summed E-state index contributed by atoms with van der Waals surface area (Å²) in [5, 5.41) is 5.82. The Morgan fingerprint density at radius 2 is 2.13 bits per heavy atom. The van der Waals surface area contributed by atoms with Gasteiger partial charge >= 0.3 is 0 Å².